The van der Waals surface area contributed by atoms with Crippen LogP contribution in [-0.2, 0) is 4.74 Å². The number of nitrogens with zero attached hydrogens (tertiary/aromatic N) is 2. The van der Waals surface area contributed by atoms with Crippen molar-refractivity contribution in [3.63, 3.8) is 0 Å². The largest absolute Gasteiger partial charge is 0.411 e. The van der Waals surface area contributed by atoms with Gasteiger partial charge in [0.25, 0.3) is 0 Å². The first kappa shape index (κ1) is 14.8. The first-order valence-corrected chi connectivity index (χ1v) is 6.20. The average Bonchev–Trinajstić information content (AvgIpc) is 2.26. The van der Waals surface area contributed by atoms with Gasteiger partial charge in [-0.2, -0.15) is 13.2 Å². The normalized spacial score (nSPS) is 11.6. The van der Waals surface area contributed by atoms with Crippen molar-refractivity contribution in [2.45, 2.75) is 11.3 Å². The van der Waals surface area contributed by atoms with Gasteiger partial charge in [0.2, 0.25) is 0 Å². The first-order chi connectivity index (χ1) is 8.40. The minimum absolute atomic E-state index is 0.0714. The highest BCUT2D eigenvalue weighted by Crippen LogP contribution is 2.15. The zero-order valence-corrected chi connectivity index (χ0v) is 10.4. The lowest BCUT2D eigenvalue weighted by Gasteiger charge is -2.09. The monoisotopic (exact) mass is 282 g/mol. The quantitative estimate of drug-likeness (QED) is 0.470. The topological polar surface area (TPSA) is 73.1 Å². The van der Waals surface area contributed by atoms with Gasteiger partial charge in [0.15, 0.2) is 5.16 Å². The number of nitrogen functional groups attached to an aromatic ring is 1. The van der Waals surface area contributed by atoms with Crippen molar-refractivity contribution in [2.24, 2.45) is 0 Å². The second-order valence-electron chi connectivity index (χ2n) is 3.26. The molecule has 0 radical (unpaired) electrons. The average molecular weight is 282 g/mol. The molecule has 0 aliphatic rings. The number of alkyl halides is 3. The Bertz CT molecular complexity index is 389. The third kappa shape index (κ3) is 5.92. The summed E-state index contributed by atoms with van der Waals surface area (Å²) < 4.78 is 39.8. The Kier molecular flexibility index (Phi) is 5.48. The first-order valence-electron chi connectivity index (χ1n) is 4.97. The third-order valence-corrected chi connectivity index (χ3v) is 2.27. The van der Waals surface area contributed by atoms with Crippen LogP contribution in [0.5, 0.6) is 0 Å². The Morgan fingerprint density at radius 3 is 2.78 bits per heavy atom. The number of ether oxygens (including phenoxy) is 1. The molecule has 1 aromatic rings. The Morgan fingerprint density at radius 1 is 1.44 bits per heavy atom. The van der Waals surface area contributed by atoms with Crippen LogP contribution in [-0.4, -0.2) is 42.2 Å². The molecule has 0 spiro atoms. The highest BCUT2D eigenvalue weighted by atomic mass is 32.2. The second-order valence-corrected chi connectivity index (χ2v) is 4.03. The van der Waals surface area contributed by atoms with Crippen molar-refractivity contribution in [1.29, 1.82) is 0 Å². The van der Waals surface area contributed by atoms with Crippen LogP contribution in [0.1, 0.15) is 0 Å². The summed E-state index contributed by atoms with van der Waals surface area (Å²) in [6.07, 6.45) is -2.50. The van der Waals surface area contributed by atoms with Gasteiger partial charge in [-0.15, -0.1) is 0 Å². The van der Waals surface area contributed by atoms with Crippen molar-refractivity contribution in [3.05, 3.63) is 6.07 Å². The molecular formula is C9H13F3N4OS. The maximum Gasteiger partial charge on any atom is 0.411 e. The summed E-state index contributed by atoms with van der Waals surface area (Å²) in [5.74, 6) is 0.760. The van der Waals surface area contributed by atoms with Gasteiger partial charge in [0, 0.05) is 12.6 Å². The number of nitrogens with two attached hydrogens (primary N) is 1. The van der Waals surface area contributed by atoms with E-state index in [9.17, 15) is 13.2 Å². The molecule has 0 fully saturated rings. The molecule has 0 aromatic carbocycles. The van der Waals surface area contributed by atoms with Crippen LogP contribution >= 0.6 is 11.8 Å². The summed E-state index contributed by atoms with van der Waals surface area (Å²) in [6.45, 7) is -1.12. The summed E-state index contributed by atoms with van der Waals surface area (Å²) in [7, 11) is 0. The molecule has 0 saturated carbocycles. The maximum absolute atomic E-state index is 11.8. The Hall–Kier alpha value is -1.22. The van der Waals surface area contributed by atoms with Crippen molar-refractivity contribution in [3.8, 4) is 0 Å². The van der Waals surface area contributed by atoms with E-state index >= 15 is 0 Å². The minimum atomic E-state index is -4.30. The molecular weight excluding hydrogens is 269 g/mol. The van der Waals surface area contributed by atoms with Crippen LogP contribution in [0.15, 0.2) is 11.2 Å². The number of anilines is 2. The molecule has 3 N–H and O–H groups in total. The SMILES string of the molecule is CSc1nc(N)cc(NCCOCC(F)(F)F)n1. The molecule has 18 heavy (non-hydrogen) atoms. The summed E-state index contributed by atoms with van der Waals surface area (Å²) in [5.41, 5.74) is 5.54. The zero-order valence-electron chi connectivity index (χ0n) is 9.62. The third-order valence-electron chi connectivity index (χ3n) is 1.73. The summed E-state index contributed by atoms with van der Waals surface area (Å²) >= 11 is 1.32. The van der Waals surface area contributed by atoms with Crippen molar-refractivity contribution in [2.75, 3.05) is 37.1 Å². The predicted molar refractivity (Wildman–Crippen MR) is 63.6 cm³/mol. The molecule has 1 aromatic heterocycles. The minimum Gasteiger partial charge on any atom is -0.383 e. The van der Waals surface area contributed by atoms with Crippen LogP contribution in [0.3, 0.4) is 0 Å². The standard InChI is InChI=1S/C9H13F3N4OS/c1-18-8-15-6(13)4-7(16-8)14-2-3-17-5-9(10,11)12/h4H,2-3,5H2,1H3,(H3,13,14,15,16). The Morgan fingerprint density at radius 2 is 2.17 bits per heavy atom. The molecule has 1 rings (SSSR count). The number of rotatable bonds is 6. The molecule has 102 valence electrons. The molecule has 0 atom stereocenters. The number of nitrogens with one attached hydrogen (secondary N) is 1. The van der Waals surface area contributed by atoms with E-state index in [1.54, 1.807) is 6.26 Å². The van der Waals surface area contributed by atoms with Gasteiger partial charge < -0.3 is 15.8 Å². The molecule has 9 heteroatoms. The molecule has 0 amide bonds. The zero-order chi connectivity index (χ0) is 13.6. The maximum atomic E-state index is 11.8. The highest BCUT2D eigenvalue weighted by molar-refractivity contribution is 7.98. The molecule has 0 saturated heterocycles. The summed E-state index contributed by atoms with van der Waals surface area (Å²) in [4.78, 5) is 8.02. The molecule has 5 nitrogen and oxygen atoms in total. The van der Waals surface area contributed by atoms with Crippen molar-refractivity contribution < 1.29 is 17.9 Å². The van der Waals surface area contributed by atoms with E-state index in [4.69, 9.17) is 5.73 Å². The van der Waals surface area contributed by atoms with E-state index < -0.39 is 12.8 Å². The van der Waals surface area contributed by atoms with Gasteiger partial charge in [-0.25, -0.2) is 9.97 Å². The number of halogens is 3. The smallest absolute Gasteiger partial charge is 0.383 e. The highest BCUT2D eigenvalue weighted by Gasteiger charge is 2.27. The van der Waals surface area contributed by atoms with Gasteiger partial charge in [0.1, 0.15) is 18.2 Å². The molecule has 0 unspecified atom stereocenters. The van der Waals surface area contributed by atoms with E-state index in [0.717, 1.165) is 0 Å². The Labute approximate surface area is 106 Å². The van der Waals surface area contributed by atoms with Gasteiger partial charge >= 0.3 is 6.18 Å². The number of hydrogen-bond acceptors (Lipinski definition) is 6. The fraction of sp³-hybridized carbons (Fsp3) is 0.556. The number of hydrogen-bond donors (Lipinski definition) is 2. The van der Waals surface area contributed by atoms with E-state index in [2.05, 4.69) is 20.0 Å². The predicted octanol–water partition coefficient (Wildman–Crippen LogP) is 1.77. The number of thioether (sulfide) groups is 1. The molecule has 0 bridgehead atoms. The molecule has 0 aliphatic heterocycles. The van der Waals surface area contributed by atoms with Crippen LogP contribution in [0.4, 0.5) is 24.8 Å². The van der Waals surface area contributed by atoms with Crippen molar-refractivity contribution >= 4 is 23.4 Å². The van der Waals surface area contributed by atoms with E-state index in [1.807, 2.05) is 0 Å². The van der Waals surface area contributed by atoms with Crippen molar-refractivity contribution in [1.82, 2.24) is 9.97 Å². The fourth-order valence-electron chi connectivity index (χ4n) is 1.06. The van der Waals surface area contributed by atoms with Crippen LogP contribution in [0.2, 0.25) is 0 Å². The van der Waals surface area contributed by atoms with Gasteiger partial charge in [0.05, 0.1) is 6.61 Å². The van der Waals surface area contributed by atoms with Gasteiger partial charge in [-0.1, -0.05) is 11.8 Å². The lowest BCUT2D eigenvalue weighted by atomic mass is 10.5. The fourth-order valence-corrected chi connectivity index (χ4v) is 1.45. The summed E-state index contributed by atoms with van der Waals surface area (Å²) in [5, 5.41) is 3.30. The van der Waals surface area contributed by atoms with Crippen LogP contribution < -0.4 is 11.1 Å². The van der Waals surface area contributed by atoms with Crippen LogP contribution in [0.25, 0.3) is 0 Å². The number of aromatic nitrogens is 2. The van der Waals surface area contributed by atoms with E-state index in [0.29, 0.717) is 16.8 Å². The van der Waals surface area contributed by atoms with E-state index in [-0.39, 0.29) is 13.2 Å². The lowest BCUT2D eigenvalue weighted by molar-refractivity contribution is -0.172. The summed E-state index contributed by atoms with van der Waals surface area (Å²) in [6, 6.07) is 1.50. The molecule has 1 heterocycles. The van der Waals surface area contributed by atoms with E-state index in [1.165, 1.54) is 17.8 Å². The second kappa shape index (κ2) is 6.64. The van der Waals surface area contributed by atoms with Gasteiger partial charge in [-0.3, -0.25) is 0 Å². The lowest BCUT2D eigenvalue weighted by Crippen LogP contribution is -2.20. The van der Waals surface area contributed by atoms with Crippen LogP contribution in [0, 0.1) is 0 Å². The Balaban J connectivity index is 2.33. The molecule has 0 aliphatic carbocycles. The van der Waals surface area contributed by atoms with Gasteiger partial charge in [-0.05, 0) is 6.26 Å².